The van der Waals surface area contributed by atoms with Gasteiger partial charge in [0.2, 0.25) is 0 Å². The quantitative estimate of drug-likeness (QED) is 0.672. The van der Waals surface area contributed by atoms with Gasteiger partial charge in [-0.3, -0.25) is 0 Å². The Kier molecular flexibility index (Phi) is 3.69. The molecule has 0 saturated carbocycles. The molecule has 1 rings (SSSR count). The summed E-state index contributed by atoms with van der Waals surface area (Å²) in [6, 6.07) is 0.387. The Balaban J connectivity index is 2.21. The number of nitrogens with one attached hydrogen (secondary N) is 1. The minimum atomic E-state index is -0.469. The van der Waals surface area contributed by atoms with Gasteiger partial charge in [0, 0.05) is 19.0 Å². The lowest BCUT2D eigenvalue weighted by Crippen LogP contribution is -2.39. The van der Waals surface area contributed by atoms with Crippen molar-refractivity contribution in [2.24, 2.45) is 5.16 Å². The molecule has 0 aromatic heterocycles. The van der Waals surface area contributed by atoms with E-state index in [4.69, 9.17) is 4.84 Å². The number of hydrogen-bond donors (Lipinski definition) is 2. The van der Waals surface area contributed by atoms with Crippen LogP contribution in [0.3, 0.4) is 0 Å². The average Bonchev–Trinajstić information content (AvgIpc) is 2.47. The van der Waals surface area contributed by atoms with Crippen molar-refractivity contribution in [1.29, 1.82) is 0 Å². The maximum absolute atomic E-state index is 9.65. The monoisotopic (exact) mass is 186 g/mol. The van der Waals surface area contributed by atoms with E-state index >= 15 is 0 Å². The van der Waals surface area contributed by atoms with E-state index in [-0.39, 0.29) is 6.10 Å². The third-order valence-electron chi connectivity index (χ3n) is 2.00. The first-order valence-electron chi connectivity index (χ1n) is 4.70. The molecule has 1 heterocycles. The van der Waals surface area contributed by atoms with Crippen LogP contribution in [0.1, 0.15) is 27.2 Å². The summed E-state index contributed by atoms with van der Waals surface area (Å²) in [4.78, 5) is 5.06. The molecule has 4 heteroatoms. The Morgan fingerprint density at radius 3 is 2.85 bits per heavy atom. The van der Waals surface area contributed by atoms with Gasteiger partial charge in [0.1, 0.15) is 6.10 Å². The molecule has 2 atom stereocenters. The number of rotatable bonds is 4. The summed E-state index contributed by atoms with van der Waals surface area (Å²) in [7, 11) is 0. The number of oxime groups is 1. The predicted molar refractivity (Wildman–Crippen MR) is 51.7 cm³/mol. The van der Waals surface area contributed by atoms with Crippen LogP contribution in [0, 0.1) is 0 Å². The van der Waals surface area contributed by atoms with E-state index < -0.39 is 6.10 Å². The Bertz CT molecular complexity index is 192. The summed E-state index contributed by atoms with van der Waals surface area (Å²) in [6.45, 7) is 6.56. The molecule has 76 valence electrons. The number of hydrogen-bond acceptors (Lipinski definition) is 4. The van der Waals surface area contributed by atoms with Crippen LogP contribution in [-0.4, -0.2) is 35.6 Å². The molecule has 0 aliphatic carbocycles. The minimum Gasteiger partial charge on any atom is -0.389 e. The van der Waals surface area contributed by atoms with Crippen LogP contribution in [0.5, 0.6) is 0 Å². The molecular formula is C9H18N2O2. The van der Waals surface area contributed by atoms with E-state index in [1.165, 1.54) is 0 Å². The second-order valence-electron chi connectivity index (χ2n) is 3.80. The molecule has 0 saturated heterocycles. The fourth-order valence-electron chi connectivity index (χ4n) is 1.22. The highest BCUT2D eigenvalue weighted by Crippen LogP contribution is 2.13. The summed E-state index contributed by atoms with van der Waals surface area (Å²) < 4.78 is 0. The molecule has 13 heavy (non-hydrogen) atoms. The first kappa shape index (κ1) is 10.5. The molecule has 0 aromatic rings. The van der Waals surface area contributed by atoms with Gasteiger partial charge in [-0.1, -0.05) is 19.0 Å². The van der Waals surface area contributed by atoms with E-state index in [9.17, 15) is 5.11 Å². The van der Waals surface area contributed by atoms with Gasteiger partial charge >= 0.3 is 0 Å². The van der Waals surface area contributed by atoms with Crippen molar-refractivity contribution in [2.45, 2.75) is 45.4 Å². The zero-order valence-electron chi connectivity index (χ0n) is 8.45. The van der Waals surface area contributed by atoms with Crippen molar-refractivity contribution in [2.75, 3.05) is 6.54 Å². The molecule has 0 bridgehead atoms. The summed E-state index contributed by atoms with van der Waals surface area (Å²) in [5.41, 5.74) is 0.952. The Labute approximate surface area is 79.0 Å². The van der Waals surface area contributed by atoms with Crippen molar-refractivity contribution >= 4 is 5.71 Å². The lowest BCUT2D eigenvalue weighted by atomic mass is 10.1. The zero-order valence-corrected chi connectivity index (χ0v) is 8.45. The molecule has 2 N–H and O–H groups in total. The van der Waals surface area contributed by atoms with Crippen LogP contribution in [0.25, 0.3) is 0 Å². The van der Waals surface area contributed by atoms with Crippen LogP contribution in [0.4, 0.5) is 0 Å². The SMILES string of the molecule is CC1=NO[C@H]([C@@H](O)CNC(C)C)C1. The van der Waals surface area contributed by atoms with E-state index in [1.807, 2.05) is 20.8 Å². The maximum Gasteiger partial charge on any atom is 0.159 e. The Morgan fingerprint density at radius 2 is 2.38 bits per heavy atom. The normalized spacial score (nSPS) is 24.4. The molecule has 0 amide bonds. The van der Waals surface area contributed by atoms with Crippen molar-refractivity contribution in [1.82, 2.24) is 5.32 Å². The molecule has 1 aliphatic heterocycles. The minimum absolute atomic E-state index is 0.161. The Hall–Kier alpha value is -0.610. The van der Waals surface area contributed by atoms with Crippen LogP contribution in [-0.2, 0) is 4.84 Å². The number of aliphatic hydroxyl groups excluding tert-OH is 1. The first-order valence-corrected chi connectivity index (χ1v) is 4.70. The second kappa shape index (κ2) is 4.58. The highest BCUT2D eigenvalue weighted by molar-refractivity contribution is 5.82. The highest BCUT2D eigenvalue weighted by atomic mass is 16.6. The van der Waals surface area contributed by atoms with E-state index in [1.54, 1.807) is 0 Å². The molecule has 0 unspecified atom stereocenters. The molecule has 0 aromatic carbocycles. The first-order chi connectivity index (χ1) is 6.09. The molecule has 1 aliphatic rings. The van der Waals surface area contributed by atoms with Crippen LogP contribution in [0.2, 0.25) is 0 Å². The standard InChI is InChI=1S/C9H18N2O2/c1-6(2)10-5-8(12)9-4-7(3)11-13-9/h6,8-10,12H,4-5H2,1-3H3/t8-,9-/m0/s1. The van der Waals surface area contributed by atoms with Gasteiger partial charge in [0.15, 0.2) is 6.10 Å². The summed E-state index contributed by atoms with van der Waals surface area (Å²) >= 11 is 0. The number of aliphatic hydroxyl groups is 1. The van der Waals surface area contributed by atoms with Gasteiger partial charge in [0.25, 0.3) is 0 Å². The van der Waals surface area contributed by atoms with Gasteiger partial charge in [-0.25, -0.2) is 0 Å². The predicted octanol–water partition coefficient (Wildman–Crippen LogP) is 0.510. The van der Waals surface area contributed by atoms with E-state index in [2.05, 4.69) is 10.5 Å². The summed E-state index contributed by atoms with van der Waals surface area (Å²) in [6.07, 6.45) is 0.107. The average molecular weight is 186 g/mol. The molecule has 4 nitrogen and oxygen atoms in total. The van der Waals surface area contributed by atoms with Gasteiger partial charge in [0.05, 0.1) is 5.71 Å². The summed E-state index contributed by atoms with van der Waals surface area (Å²) in [5, 5.41) is 16.6. The molecule has 0 fully saturated rings. The molecule has 0 spiro atoms. The summed E-state index contributed by atoms with van der Waals surface area (Å²) in [5.74, 6) is 0. The van der Waals surface area contributed by atoms with E-state index in [0.717, 1.165) is 12.1 Å². The second-order valence-corrected chi connectivity index (χ2v) is 3.80. The maximum atomic E-state index is 9.65. The third-order valence-corrected chi connectivity index (χ3v) is 2.00. The van der Waals surface area contributed by atoms with Crippen LogP contribution in [0.15, 0.2) is 5.16 Å². The molecule has 0 radical (unpaired) electrons. The topological polar surface area (TPSA) is 53.9 Å². The van der Waals surface area contributed by atoms with Crippen molar-refractivity contribution in [3.63, 3.8) is 0 Å². The fraction of sp³-hybridized carbons (Fsp3) is 0.889. The van der Waals surface area contributed by atoms with Gasteiger partial charge in [-0.2, -0.15) is 0 Å². The van der Waals surface area contributed by atoms with Gasteiger partial charge in [-0.15, -0.1) is 0 Å². The Morgan fingerprint density at radius 1 is 1.69 bits per heavy atom. The van der Waals surface area contributed by atoms with Crippen LogP contribution < -0.4 is 5.32 Å². The van der Waals surface area contributed by atoms with Crippen molar-refractivity contribution in [3.05, 3.63) is 0 Å². The fourth-order valence-corrected chi connectivity index (χ4v) is 1.22. The van der Waals surface area contributed by atoms with Crippen molar-refractivity contribution < 1.29 is 9.94 Å². The zero-order chi connectivity index (χ0) is 9.84. The highest BCUT2D eigenvalue weighted by Gasteiger charge is 2.26. The largest absolute Gasteiger partial charge is 0.389 e. The number of nitrogens with zero attached hydrogens (tertiary/aromatic N) is 1. The van der Waals surface area contributed by atoms with E-state index in [0.29, 0.717) is 12.6 Å². The lowest BCUT2D eigenvalue weighted by Gasteiger charge is -2.18. The smallest absolute Gasteiger partial charge is 0.159 e. The molecular weight excluding hydrogens is 168 g/mol. The van der Waals surface area contributed by atoms with Gasteiger partial charge in [-0.05, 0) is 6.92 Å². The van der Waals surface area contributed by atoms with Gasteiger partial charge < -0.3 is 15.3 Å². The third kappa shape index (κ3) is 3.32. The van der Waals surface area contributed by atoms with Crippen LogP contribution >= 0.6 is 0 Å². The lowest BCUT2D eigenvalue weighted by molar-refractivity contribution is -0.0166. The van der Waals surface area contributed by atoms with Crippen molar-refractivity contribution in [3.8, 4) is 0 Å².